The minimum Gasteiger partial charge on any atom is -0.444 e. The fourth-order valence-corrected chi connectivity index (χ4v) is 2.40. The van der Waals surface area contributed by atoms with E-state index in [1.807, 2.05) is 32.9 Å². The lowest BCUT2D eigenvalue weighted by Gasteiger charge is -2.24. The Morgan fingerprint density at radius 2 is 1.96 bits per heavy atom. The van der Waals surface area contributed by atoms with Crippen LogP contribution in [0.2, 0.25) is 0 Å². The summed E-state index contributed by atoms with van der Waals surface area (Å²) in [7, 11) is 0. The zero-order valence-corrected chi connectivity index (χ0v) is 14.3. The van der Waals surface area contributed by atoms with Crippen molar-refractivity contribution in [3.05, 3.63) is 35.4 Å². The fourth-order valence-electron chi connectivity index (χ4n) is 2.40. The van der Waals surface area contributed by atoms with Crippen molar-refractivity contribution in [2.45, 2.75) is 45.8 Å². The minimum absolute atomic E-state index is 0.242. The Balaban J connectivity index is 1.99. The number of aliphatic hydroxyl groups is 1. The maximum absolute atomic E-state index is 12.0. The predicted molar refractivity (Wildman–Crippen MR) is 90.0 cm³/mol. The summed E-state index contributed by atoms with van der Waals surface area (Å²) >= 11 is 0. The van der Waals surface area contributed by atoms with Crippen LogP contribution >= 0.6 is 0 Å². The van der Waals surface area contributed by atoms with Crippen LogP contribution in [0.15, 0.2) is 24.3 Å². The minimum atomic E-state index is -0.634. The number of carbonyl (C=O) groups excluding carboxylic acids is 1. The van der Waals surface area contributed by atoms with Crippen molar-refractivity contribution in [3.8, 4) is 11.8 Å². The third-order valence-corrected chi connectivity index (χ3v) is 3.70. The molecule has 1 aromatic rings. The lowest BCUT2D eigenvalue weighted by molar-refractivity contribution is 0.0270. The van der Waals surface area contributed by atoms with Crippen LogP contribution in [0.4, 0.5) is 4.79 Å². The number of benzene rings is 1. The molecule has 0 unspecified atom stereocenters. The summed E-state index contributed by atoms with van der Waals surface area (Å²) in [6.07, 6.45) is -0.0297. The summed E-state index contributed by atoms with van der Waals surface area (Å²) in [6.45, 7) is 8.26. The molecule has 0 radical (unpaired) electrons. The average molecular weight is 315 g/mol. The highest BCUT2D eigenvalue weighted by Crippen LogP contribution is 2.19. The van der Waals surface area contributed by atoms with E-state index in [0.29, 0.717) is 6.54 Å². The van der Waals surface area contributed by atoms with Gasteiger partial charge in [0.15, 0.2) is 0 Å². The molecule has 1 heterocycles. The Labute approximate surface area is 138 Å². The number of amides is 1. The van der Waals surface area contributed by atoms with E-state index in [1.54, 1.807) is 0 Å². The van der Waals surface area contributed by atoms with Gasteiger partial charge in [0.05, 0.1) is 18.6 Å². The van der Waals surface area contributed by atoms with E-state index in [1.165, 1.54) is 10.5 Å². The molecular formula is C19H25NO3. The number of nitrogens with zero attached hydrogens (tertiary/aromatic N) is 1. The smallest absolute Gasteiger partial charge is 0.410 e. The van der Waals surface area contributed by atoms with E-state index in [4.69, 9.17) is 4.74 Å². The van der Waals surface area contributed by atoms with E-state index in [9.17, 15) is 9.90 Å². The van der Waals surface area contributed by atoms with Crippen molar-refractivity contribution in [1.82, 2.24) is 4.90 Å². The summed E-state index contributed by atoms with van der Waals surface area (Å²) in [6, 6.07) is 8.09. The number of likely N-dealkylation sites (tertiary alicyclic amines) is 1. The second-order valence-corrected chi connectivity index (χ2v) is 6.88. The molecule has 4 nitrogen and oxygen atoms in total. The van der Waals surface area contributed by atoms with Gasteiger partial charge in [-0.3, -0.25) is 0 Å². The van der Waals surface area contributed by atoms with Crippen LogP contribution in [-0.2, 0) is 11.2 Å². The standard InChI is InChI=1S/C19H25NO3/c1-5-14-6-8-15(9-7-14)10-11-16-12-20(13-17(16)21)18(22)23-19(2,3)4/h6-9,16-17,21H,5,12-13H2,1-4H3/t16-,17-/m1/s1. The van der Waals surface area contributed by atoms with Crippen LogP contribution in [0.3, 0.4) is 0 Å². The van der Waals surface area contributed by atoms with Gasteiger partial charge in [-0.1, -0.05) is 30.9 Å². The maximum atomic E-state index is 12.0. The Bertz CT molecular complexity index is 604. The number of aryl methyl sites for hydroxylation is 1. The third kappa shape index (κ3) is 5.01. The molecule has 2 atom stereocenters. The lowest BCUT2D eigenvalue weighted by Crippen LogP contribution is -2.35. The van der Waals surface area contributed by atoms with Crippen molar-refractivity contribution in [2.24, 2.45) is 5.92 Å². The summed E-state index contributed by atoms with van der Waals surface area (Å²) in [4.78, 5) is 13.6. The van der Waals surface area contributed by atoms with Gasteiger partial charge >= 0.3 is 6.09 Å². The van der Waals surface area contributed by atoms with Gasteiger partial charge in [0, 0.05) is 12.1 Å². The molecule has 1 amide bonds. The molecule has 4 heteroatoms. The Kier molecular flexibility index (Phi) is 5.33. The number of β-amino-alcohol motifs (C(OH)–C–C–N with tert-alkyl or cyclic N) is 1. The first-order valence-corrected chi connectivity index (χ1v) is 8.05. The SMILES string of the molecule is CCc1ccc(C#C[C@@H]2CN(C(=O)OC(C)(C)C)C[C@H]2O)cc1. The van der Waals surface area contributed by atoms with Gasteiger partial charge in [-0.05, 0) is 44.9 Å². The average Bonchev–Trinajstić information content (AvgIpc) is 2.85. The molecule has 1 aliphatic heterocycles. The summed E-state index contributed by atoms with van der Waals surface area (Å²) in [5, 5.41) is 10.1. The van der Waals surface area contributed by atoms with Crippen molar-refractivity contribution in [2.75, 3.05) is 13.1 Å². The van der Waals surface area contributed by atoms with Crippen molar-refractivity contribution >= 4 is 6.09 Å². The predicted octanol–water partition coefficient (Wildman–Crippen LogP) is 2.83. The van der Waals surface area contributed by atoms with E-state index in [0.717, 1.165) is 12.0 Å². The van der Waals surface area contributed by atoms with Crippen molar-refractivity contribution in [3.63, 3.8) is 0 Å². The normalized spacial score (nSPS) is 20.8. The van der Waals surface area contributed by atoms with Crippen molar-refractivity contribution < 1.29 is 14.6 Å². The first kappa shape index (κ1) is 17.4. The number of hydrogen-bond donors (Lipinski definition) is 1. The molecule has 0 spiro atoms. The number of rotatable bonds is 1. The monoisotopic (exact) mass is 315 g/mol. The van der Waals surface area contributed by atoms with E-state index < -0.39 is 17.8 Å². The van der Waals surface area contributed by atoms with E-state index in [2.05, 4.69) is 30.9 Å². The molecule has 2 rings (SSSR count). The van der Waals surface area contributed by atoms with Gasteiger partial charge in [-0.25, -0.2) is 4.79 Å². The second kappa shape index (κ2) is 7.06. The maximum Gasteiger partial charge on any atom is 0.410 e. The number of carbonyl (C=O) groups is 1. The molecule has 1 aromatic carbocycles. The molecule has 0 aliphatic carbocycles. The topological polar surface area (TPSA) is 49.8 Å². The molecular weight excluding hydrogens is 290 g/mol. The van der Waals surface area contributed by atoms with Crippen LogP contribution in [-0.4, -0.2) is 40.9 Å². The van der Waals surface area contributed by atoms with Crippen LogP contribution in [0.5, 0.6) is 0 Å². The number of ether oxygens (including phenoxy) is 1. The summed E-state index contributed by atoms with van der Waals surface area (Å²) < 4.78 is 5.33. The van der Waals surface area contributed by atoms with Gasteiger partial charge in [-0.2, -0.15) is 0 Å². The van der Waals surface area contributed by atoms with Gasteiger partial charge in [-0.15, -0.1) is 0 Å². The highest BCUT2D eigenvalue weighted by atomic mass is 16.6. The van der Waals surface area contributed by atoms with Gasteiger partial charge in [0.25, 0.3) is 0 Å². The Morgan fingerprint density at radius 3 is 2.52 bits per heavy atom. The van der Waals surface area contributed by atoms with Crippen LogP contribution < -0.4 is 0 Å². The molecule has 1 aliphatic rings. The van der Waals surface area contributed by atoms with E-state index >= 15 is 0 Å². The molecule has 1 fully saturated rings. The first-order chi connectivity index (χ1) is 10.8. The molecule has 0 saturated carbocycles. The molecule has 0 aromatic heterocycles. The number of hydrogen-bond acceptors (Lipinski definition) is 3. The summed E-state index contributed by atoms with van der Waals surface area (Å²) in [5.41, 5.74) is 1.66. The first-order valence-electron chi connectivity index (χ1n) is 8.05. The molecule has 0 bridgehead atoms. The second-order valence-electron chi connectivity index (χ2n) is 6.88. The van der Waals surface area contributed by atoms with Crippen LogP contribution in [0.25, 0.3) is 0 Å². The van der Waals surface area contributed by atoms with E-state index in [-0.39, 0.29) is 12.5 Å². The highest BCUT2D eigenvalue weighted by Gasteiger charge is 2.35. The zero-order valence-electron chi connectivity index (χ0n) is 14.3. The van der Waals surface area contributed by atoms with Crippen molar-refractivity contribution in [1.29, 1.82) is 0 Å². The molecule has 23 heavy (non-hydrogen) atoms. The van der Waals surface area contributed by atoms with Gasteiger partial charge in [0.1, 0.15) is 5.60 Å². The highest BCUT2D eigenvalue weighted by molar-refractivity contribution is 5.68. The molecule has 1 saturated heterocycles. The van der Waals surface area contributed by atoms with Gasteiger partial charge < -0.3 is 14.7 Å². The quantitative estimate of drug-likeness (QED) is 0.811. The number of aliphatic hydroxyl groups excluding tert-OH is 1. The largest absolute Gasteiger partial charge is 0.444 e. The molecule has 1 N–H and O–H groups in total. The van der Waals surface area contributed by atoms with Crippen LogP contribution in [0.1, 0.15) is 38.8 Å². The Hall–Kier alpha value is -1.99. The third-order valence-electron chi connectivity index (χ3n) is 3.70. The zero-order chi connectivity index (χ0) is 17.0. The lowest BCUT2D eigenvalue weighted by atomic mass is 10.1. The fraction of sp³-hybridized carbons (Fsp3) is 0.526. The molecule has 124 valence electrons. The van der Waals surface area contributed by atoms with Crippen LogP contribution in [0, 0.1) is 17.8 Å². The summed E-state index contributed by atoms with van der Waals surface area (Å²) in [5.74, 6) is 5.93. The Morgan fingerprint density at radius 1 is 1.30 bits per heavy atom. The van der Waals surface area contributed by atoms with Gasteiger partial charge in [0.2, 0.25) is 0 Å².